The van der Waals surface area contributed by atoms with E-state index in [0.29, 0.717) is 21.5 Å². The molecule has 28 heavy (non-hydrogen) atoms. The number of aromatic nitrogens is 2. The van der Waals surface area contributed by atoms with Crippen molar-refractivity contribution in [2.75, 3.05) is 0 Å². The van der Waals surface area contributed by atoms with Crippen LogP contribution >= 0.6 is 34.5 Å². The fraction of sp³-hybridized carbons (Fsp3) is 0.143. The molecule has 0 unspecified atom stereocenters. The van der Waals surface area contributed by atoms with Gasteiger partial charge in [-0.1, -0.05) is 47.5 Å². The topological polar surface area (TPSA) is 46.9 Å². The van der Waals surface area contributed by atoms with Gasteiger partial charge in [-0.2, -0.15) is 5.10 Å². The third kappa shape index (κ3) is 3.53. The highest BCUT2D eigenvalue weighted by Gasteiger charge is 2.18. The van der Waals surface area contributed by atoms with Crippen molar-refractivity contribution in [1.82, 2.24) is 15.1 Å². The lowest BCUT2D eigenvalue weighted by atomic mass is 10.2. The van der Waals surface area contributed by atoms with Gasteiger partial charge in [0.2, 0.25) is 0 Å². The molecule has 0 aliphatic heterocycles. The summed E-state index contributed by atoms with van der Waals surface area (Å²) < 4.78 is 1.91. The summed E-state index contributed by atoms with van der Waals surface area (Å²) in [7, 11) is 0. The predicted molar refractivity (Wildman–Crippen MR) is 116 cm³/mol. The fourth-order valence-electron chi connectivity index (χ4n) is 3.05. The number of para-hydroxylation sites is 1. The Hall–Kier alpha value is -2.34. The number of rotatable bonds is 4. The second kappa shape index (κ2) is 7.59. The van der Waals surface area contributed by atoms with Gasteiger partial charge in [0.05, 0.1) is 16.3 Å². The molecule has 4 rings (SSSR count). The first-order valence-corrected chi connectivity index (χ1v) is 10.3. The Morgan fingerprint density at radius 3 is 2.68 bits per heavy atom. The molecule has 4 aromatic rings. The molecule has 0 radical (unpaired) electrons. The highest BCUT2D eigenvalue weighted by Crippen LogP contribution is 2.31. The lowest BCUT2D eigenvalue weighted by Crippen LogP contribution is -2.21. The van der Waals surface area contributed by atoms with Crippen LogP contribution in [-0.2, 0) is 6.54 Å². The summed E-state index contributed by atoms with van der Waals surface area (Å²) in [6.45, 7) is 4.35. The highest BCUT2D eigenvalue weighted by atomic mass is 35.5. The zero-order chi connectivity index (χ0) is 19.8. The van der Waals surface area contributed by atoms with Crippen molar-refractivity contribution in [3.8, 4) is 5.69 Å². The minimum absolute atomic E-state index is 0.136. The van der Waals surface area contributed by atoms with E-state index in [-0.39, 0.29) is 5.91 Å². The number of hydrogen-bond acceptors (Lipinski definition) is 3. The van der Waals surface area contributed by atoms with Gasteiger partial charge in [-0.3, -0.25) is 4.79 Å². The van der Waals surface area contributed by atoms with E-state index in [1.807, 2.05) is 41.9 Å². The third-order valence-electron chi connectivity index (χ3n) is 4.57. The van der Waals surface area contributed by atoms with Crippen LogP contribution in [0, 0.1) is 13.8 Å². The van der Waals surface area contributed by atoms with Gasteiger partial charge in [-0.15, -0.1) is 11.3 Å². The van der Waals surface area contributed by atoms with Crippen molar-refractivity contribution < 1.29 is 4.79 Å². The molecule has 4 nitrogen and oxygen atoms in total. The Labute approximate surface area is 176 Å². The van der Waals surface area contributed by atoms with E-state index in [1.54, 1.807) is 12.1 Å². The van der Waals surface area contributed by atoms with E-state index in [2.05, 4.69) is 23.4 Å². The first-order chi connectivity index (χ1) is 13.4. The van der Waals surface area contributed by atoms with Crippen LogP contribution in [0.3, 0.4) is 0 Å². The number of carbonyl (C=O) groups excluding carboxylic acids is 1. The Kier molecular flexibility index (Phi) is 5.15. The number of aryl methyl sites for hydroxylation is 2. The van der Waals surface area contributed by atoms with Gasteiger partial charge in [0.15, 0.2) is 0 Å². The average Bonchev–Trinajstić information content (AvgIpc) is 3.22. The number of nitrogens with zero attached hydrogens (tertiary/aromatic N) is 2. The van der Waals surface area contributed by atoms with Crippen molar-refractivity contribution in [3.05, 3.63) is 80.3 Å². The van der Waals surface area contributed by atoms with E-state index in [9.17, 15) is 4.79 Å². The summed E-state index contributed by atoms with van der Waals surface area (Å²) in [5.41, 5.74) is 3.86. The molecular weight excluding hydrogens is 413 g/mol. The number of benzene rings is 2. The first-order valence-electron chi connectivity index (χ1n) is 8.71. The monoisotopic (exact) mass is 429 g/mol. The quantitative estimate of drug-likeness (QED) is 0.436. The second-order valence-electron chi connectivity index (χ2n) is 6.53. The molecule has 0 spiro atoms. The molecular formula is C21H17Cl2N3OS. The second-order valence-corrected chi connectivity index (χ2v) is 8.41. The average molecular weight is 430 g/mol. The molecule has 142 valence electrons. The smallest absolute Gasteiger partial charge is 0.261 e. The Morgan fingerprint density at radius 1 is 1.14 bits per heavy atom. The summed E-state index contributed by atoms with van der Waals surface area (Å²) in [4.78, 5) is 14.3. The van der Waals surface area contributed by atoms with Gasteiger partial charge >= 0.3 is 0 Å². The van der Waals surface area contributed by atoms with Gasteiger partial charge in [-0.05, 0) is 49.2 Å². The Bertz CT molecular complexity index is 1200. The van der Waals surface area contributed by atoms with Gasteiger partial charge in [0, 0.05) is 22.0 Å². The zero-order valence-corrected chi connectivity index (χ0v) is 17.6. The van der Waals surface area contributed by atoms with Gasteiger partial charge < -0.3 is 5.32 Å². The fourth-order valence-corrected chi connectivity index (χ4v) is 4.62. The van der Waals surface area contributed by atoms with Crippen LogP contribution < -0.4 is 5.32 Å². The standard InChI is InChI=1S/C21H17Cl2N3OS/c1-12-5-3-4-6-18(12)26-21-16(13(2)25-26)10-19(28-21)20(27)24-11-14-7-8-15(22)9-17(14)23/h3-10H,11H2,1-2H3,(H,24,27). The van der Waals surface area contributed by atoms with Gasteiger partial charge in [0.1, 0.15) is 4.83 Å². The molecule has 2 aromatic heterocycles. The van der Waals surface area contributed by atoms with E-state index in [1.165, 1.54) is 11.3 Å². The molecule has 0 saturated heterocycles. The summed E-state index contributed by atoms with van der Waals surface area (Å²) in [6, 6.07) is 15.2. The molecule has 0 aliphatic rings. The van der Waals surface area contributed by atoms with Crippen LogP contribution in [0.15, 0.2) is 48.5 Å². The normalized spacial score (nSPS) is 11.1. The highest BCUT2D eigenvalue weighted by molar-refractivity contribution is 7.20. The maximum atomic E-state index is 12.7. The number of carbonyl (C=O) groups is 1. The van der Waals surface area contributed by atoms with Crippen LogP contribution in [0.5, 0.6) is 0 Å². The largest absolute Gasteiger partial charge is 0.347 e. The maximum absolute atomic E-state index is 12.7. The molecule has 0 saturated carbocycles. The van der Waals surface area contributed by atoms with Crippen LogP contribution in [-0.4, -0.2) is 15.7 Å². The maximum Gasteiger partial charge on any atom is 0.261 e. The van der Waals surface area contributed by atoms with E-state index in [0.717, 1.165) is 32.7 Å². The minimum atomic E-state index is -0.136. The first kappa shape index (κ1) is 19.0. The number of nitrogens with one attached hydrogen (secondary N) is 1. The summed E-state index contributed by atoms with van der Waals surface area (Å²) in [5.74, 6) is -0.136. The van der Waals surface area contributed by atoms with Gasteiger partial charge in [0.25, 0.3) is 5.91 Å². The molecule has 0 bridgehead atoms. The Morgan fingerprint density at radius 2 is 1.93 bits per heavy atom. The number of thiophene rings is 1. The SMILES string of the molecule is Cc1ccccc1-n1nc(C)c2cc(C(=O)NCc3ccc(Cl)cc3Cl)sc21. The third-order valence-corrected chi connectivity index (χ3v) is 6.26. The number of hydrogen-bond donors (Lipinski definition) is 1. The van der Waals surface area contributed by atoms with Crippen LogP contribution in [0.4, 0.5) is 0 Å². The molecule has 2 aromatic carbocycles. The van der Waals surface area contributed by atoms with Crippen molar-refractivity contribution >= 4 is 50.7 Å². The van der Waals surface area contributed by atoms with E-state index in [4.69, 9.17) is 23.2 Å². The van der Waals surface area contributed by atoms with Gasteiger partial charge in [-0.25, -0.2) is 4.68 Å². The van der Waals surface area contributed by atoms with E-state index < -0.39 is 0 Å². The summed E-state index contributed by atoms with van der Waals surface area (Å²) in [6.07, 6.45) is 0. The van der Waals surface area contributed by atoms with Crippen molar-refractivity contribution in [3.63, 3.8) is 0 Å². The molecule has 0 aliphatic carbocycles. The summed E-state index contributed by atoms with van der Waals surface area (Å²) in [5, 5.41) is 9.69. The molecule has 0 atom stereocenters. The molecule has 7 heteroatoms. The van der Waals surface area contributed by atoms with E-state index >= 15 is 0 Å². The van der Waals surface area contributed by atoms with Crippen molar-refractivity contribution in [2.24, 2.45) is 0 Å². The number of amides is 1. The van der Waals surface area contributed by atoms with Crippen LogP contribution in [0.1, 0.15) is 26.5 Å². The number of halogens is 2. The zero-order valence-electron chi connectivity index (χ0n) is 15.3. The van der Waals surface area contributed by atoms with Crippen molar-refractivity contribution in [1.29, 1.82) is 0 Å². The predicted octanol–water partition coefficient (Wildman–Crippen LogP) is 5.94. The Balaban J connectivity index is 1.62. The van der Waals surface area contributed by atoms with Crippen LogP contribution in [0.25, 0.3) is 15.9 Å². The molecule has 1 amide bonds. The number of fused-ring (bicyclic) bond motifs is 1. The summed E-state index contributed by atoms with van der Waals surface area (Å²) >= 11 is 13.5. The minimum Gasteiger partial charge on any atom is -0.347 e. The molecule has 1 N–H and O–H groups in total. The molecule has 2 heterocycles. The lowest BCUT2D eigenvalue weighted by Gasteiger charge is -2.07. The lowest BCUT2D eigenvalue weighted by molar-refractivity contribution is 0.0955. The van der Waals surface area contributed by atoms with Crippen molar-refractivity contribution in [2.45, 2.75) is 20.4 Å². The van der Waals surface area contributed by atoms with Crippen LogP contribution in [0.2, 0.25) is 10.0 Å². The molecule has 0 fully saturated rings.